The standard InChI is InChI=1S/C17H17BrN2O5/c18-11-1-2-12-13(9-11)16(23)20(15(12)22)10-14(21)19-5-3-17(4-6-19)24-7-8-25-17/h1-2,9H,3-8,10H2. The molecule has 7 nitrogen and oxygen atoms in total. The number of fused-ring (bicyclic) bond motifs is 1. The van der Waals surface area contributed by atoms with Gasteiger partial charge in [-0.15, -0.1) is 0 Å². The minimum Gasteiger partial charge on any atom is -0.347 e. The molecule has 0 bridgehead atoms. The van der Waals surface area contributed by atoms with Crippen molar-refractivity contribution < 1.29 is 23.9 Å². The first kappa shape index (κ1) is 16.7. The van der Waals surface area contributed by atoms with Crippen LogP contribution >= 0.6 is 15.9 Å². The highest BCUT2D eigenvalue weighted by Crippen LogP contribution is 2.31. The first-order valence-electron chi connectivity index (χ1n) is 8.21. The highest BCUT2D eigenvalue weighted by atomic mass is 79.9. The Morgan fingerprint density at radius 2 is 1.72 bits per heavy atom. The van der Waals surface area contributed by atoms with Crippen molar-refractivity contribution >= 4 is 33.7 Å². The number of carbonyl (C=O) groups excluding carboxylic acids is 3. The fourth-order valence-corrected chi connectivity index (χ4v) is 3.89. The van der Waals surface area contributed by atoms with E-state index in [2.05, 4.69) is 15.9 Å². The summed E-state index contributed by atoms with van der Waals surface area (Å²) in [5.41, 5.74) is 0.670. The highest BCUT2D eigenvalue weighted by molar-refractivity contribution is 9.10. The summed E-state index contributed by atoms with van der Waals surface area (Å²) in [7, 11) is 0. The molecule has 0 radical (unpaired) electrons. The van der Waals surface area contributed by atoms with Gasteiger partial charge in [-0.2, -0.15) is 0 Å². The number of imide groups is 1. The molecular formula is C17H17BrN2O5. The summed E-state index contributed by atoms with van der Waals surface area (Å²) in [6, 6.07) is 4.92. The van der Waals surface area contributed by atoms with Gasteiger partial charge in [-0.05, 0) is 18.2 Å². The van der Waals surface area contributed by atoms with Gasteiger partial charge >= 0.3 is 0 Å². The average Bonchev–Trinajstić information content (AvgIpc) is 3.14. The molecule has 1 spiro atoms. The zero-order chi connectivity index (χ0) is 17.6. The molecule has 1 aromatic rings. The quantitative estimate of drug-likeness (QED) is 0.691. The predicted octanol–water partition coefficient (Wildman–Crippen LogP) is 1.41. The zero-order valence-electron chi connectivity index (χ0n) is 13.5. The van der Waals surface area contributed by atoms with E-state index in [0.717, 1.165) is 9.37 Å². The number of hydrogen-bond acceptors (Lipinski definition) is 5. The van der Waals surface area contributed by atoms with Crippen LogP contribution in [0.5, 0.6) is 0 Å². The van der Waals surface area contributed by atoms with Gasteiger partial charge < -0.3 is 14.4 Å². The van der Waals surface area contributed by atoms with Gasteiger partial charge in [-0.25, -0.2) is 0 Å². The van der Waals surface area contributed by atoms with Crippen molar-refractivity contribution in [1.29, 1.82) is 0 Å². The van der Waals surface area contributed by atoms with E-state index in [1.807, 2.05) is 0 Å². The number of hydrogen-bond donors (Lipinski definition) is 0. The first-order chi connectivity index (χ1) is 12.0. The van der Waals surface area contributed by atoms with Crippen LogP contribution in [-0.4, -0.2) is 66.2 Å². The summed E-state index contributed by atoms with van der Waals surface area (Å²) in [5, 5.41) is 0. The lowest BCUT2D eigenvalue weighted by atomic mass is 10.0. The molecule has 2 saturated heterocycles. The molecule has 3 aliphatic rings. The van der Waals surface area contributed by atoms with Gasteiger partial charge in [0.1, 0.15) is 6.54 Å². The maximum atomic E-state index is 12.6. The van der Waals surface area contributed by atoms with Crippen LogP contribution in [0.15, 0.2) is 22.7 Å². The summed E-state index contributed by atoms with van der Waals surface area (Å²) in [4.78, 5) is 40.1. The van der Waals surface area contributed by atoms with Gasteiger partial charge in [0.25, 0.3) is 11.8 Å². The summed E-state index contributed by atoms with van der Waals surface area (Å²) < 4.78 is 12.0. The molecule has 0 saturated carbocycles. The maximum absolute atomic E-state index is 12.6. The monoisotopic (exact) mass is 408 g/mol. The van der Waals surface area contributed by atoms with E-state index in [1.165, 1.54) is 0 Å². The maximum Gasteiger partial charge on any atom is 0.262 e. The molecule has 0 aliphatic carbocycles. The third-order valence-electron chi connectivity index (χ3n) is 4.92. The van der Waals surface area contributed by atoms with Crippen molar-refractivity contribution in [3.8, 4) is 0 Å². The van der Waals surface area contributed by atoms with Crippen molar-refractivity contribution in [2.24, 2.45) is 0 Å². The van der Waals surface area contributed by atoms with Crippen molar-refractivity contribution in [3.05, 3.63) is 33.8 Å². The number of ether oxygens (including phenoxy) is 2. The molecule has 3 heterocycles. The van der Waals surface area contributed by atoms with E-state index in [9.17, 15) is 14.4 Å². The number of amides is 3. The molecule has 1 aromatic carbocycles. The number of nitrogens with zero attached hydrogens (tertiary/aromatic N) is 2. The van der Waals surface area contributed by atoms with Crippen LogP contribution in [-0.2, 0) is 14.3 Å². The Labute approximate surface area is 153 Å². The minimum atomic E-state index is -0.557. The molecule has 3 amide bonds. The van der Waals surface area contributed by atoms with E-state index >= 15 is 0 Å². The third-order valence-corrected chi connectivity index (χ3v) is 5.41. The Morgan fingerprint density at radius 3 is 2.40 bits per heavy atom. The Balaban J connectivity index is 1.42. The molecular weight excluding hydrogens is 392 g/mol. The largest absolute Gasteiger partial charge is 0.347 e. The summed E-state index contributed by atoms with van der Waals surface area (Å²) in [5.74, 6) is -1.64. The van der Waals surface area contributed by atoms with Crippen LogP contribution in [0.25, 0.3) is 0 Å². The van der Waals surface area contributed by atoms with E-state index in [4.69, 9.17) is 9.47 Å². The van der Waals surface area contributed by atoms with Crippen LogP contribution in [0.2, 0.25) is 0 Å². The average molecular weight is 409 g/mol. The Hall–Kier alpha value is -1.77. The highest BCUT2D eigenvalue weighted by Gasteiger charge is 2.42. The Kier molecular flexibility index (Phi) is 4.13. The van der Waals surface area contributed by atoms with Crippen molar-refractivity contribution in [2.45, 2.75) is 18.6 Å². The van der Waals surface area contributed by atoms with Crippen LogP contribution in [0.3, 0.4) is 0 Å². The number of carbonyl (C=O) groups is 3. The third kappa shape index (κ3) is 2.88. The molecule has 0 aromatic heterocycles. The zero-order valence-corrected chi connectivity index (χ0v) is 15.1. The lowest BCUT2D eigenvalue weighted by molar-refractivity contribution is -0.187. The van der Waals surface area contributed by atoms with Crippen LogP contribution in [0, 0.1) is 0 Å². The predicted molar refractivity (Wildman–Crippen MR) is 90.0 cm³/mol. The molecule has 25 heavy (non-hydrogen) atoms. The number of rotatable bonds is 2. The summed E-state index contributed by atoms with van der Waals surface area (Å²) >= 11 is 3.29. The fraction of sp³-hybridized carbons (Fsp3) is 0.471. The molecule has 3 aliphatic heterocycles. The second kappa shape index (κ2) is 6.19. The minimum absolute atomic E-state index is 0.235. The number of likely N-dealkylation sites (tertiary alicyclic amines) is 1. The van der Waals surface area contributed by atoms with Crippen LogP contribution < -0.4 is 0 Å². The topological polar surface area (TPSA) is 76.2 Å². The van der Waals surface area contributed by atoms with Crippen LogP contribution in [0.1, 0.15) is 33.6 Å². The SMILES string of the molecule is O=C(CN1C(=O)c2ccc(Br)cc2C1=O)N1CCC2(CC1)OCCO2. The summed E-state index contributed by atoms with van der Waals surface area (Å²) in [6.45, 7) is 1.91. The molecule has 132 valence electrons. The van der Waals surface area contributed by atoms with E-state index in [1.54, 1.807) is 23.1 Å². The molecule has 0 N–H and O–H groups in total. The van der Waals surface area contributed by atoms with Gasteiger partial charge in [-0.1, -0.05) is 15.9 Å². The molecule has 4 rings (SSSR count). The number of benzene rings is 1. The molecule has 8 heteroatoms. The van der Waals surface area contributed by atoms with Gasteiger partial charge in [0, 0.05) is 30.4 Å². The van der Waals surface area contributed by atoms with E-state index in [-0.39, 0.29) is 12.5 Å². The van der Waals surface area contributed by atoms with Gasteiger partial charge in [-0.3, -0.25) is 19.3 Å². The fourth-order valence-electron chi connectivity index (χ4n) is 3.52. The van der Waals surface area contributed by atoms with Crippen molar-refractivity contribution in [1.82, 2.24) is 9.80 Å². The van der Waals surface area contributed by atoms with E-state index in [0.29, 0.717) is 50.3 Å². The molecule has 2 fully saturated rings. The number of halogens is 1. The second-order valence-corrected chi connectivity index (χ2v) is 7.29. The lowest BCUT2D eigenvalue weighted by Crippen LogP contribution is -2.50. The number of piperidine rings is 1. The molecule has 0 atom stereocenters. The van der Waals surface area contributed by atoms with Gasteiger partial charge in [0.05, 0.1) is 24.3 Å². The van der Waals surface area contributed by atoms with Gasteiger partial charge in [0.2, 0.25) is 5.91 Å². The Bertz CT molecular complexity index is 749. The first-order valence-corrected chi connectivity index (χ1v) is 9.00. The smallest absolute Gasteiger partial charge is 0.262 e. The van der Waals surface area contributed by atoms with Crippen molar-refractivity contribution in [2.75, 3.05) is 32.8 Å². The van der Waals surface area contributed by atoms with E-state index < -0.39 is 17.6 Å². The van der Waals surface area contributed by atoms with Crippen LogP contribution in [0.4, 0.5) is 0 Å². The summed E-state index contributed by atoms with van der Waals surface area (Å²) in [6.07, 6.45) is 1.21. The second-order valence-electron chi connectivity index (χ2n) is 6.37. The Morgan fingerprint density at radius 1 is 1.08 bits per heavy atom. The van der Waals surface area contributed by atoms with Crippen molar-refractivity contribution in [3.63, 3.8) is 0 Å². The van der Waals surface area contributed by atoms with Gasteiger partial charge in [0.15, 0.2) is 5.79 Å². The lowest BCUT2D eigenvalue weighted by Gasteiger charge is -2.37. The molecule has 0 unspecified atom stereocenters. The normalized spacial score (nSPS) is 22.0.